The van der Waals surface area contributed by atoms with Crippen molar-refractivity contribution in [3.8, 4) is 5.75 Å². The summed E-state index contributed by atoms with van der Waals surface area (Å²) in [6.07, 6.45) is 0.314. The molecule has 4 heteroatoms. The molecule has 1 aliphatic heterocycles. The summed E-state index contributed by atoms with van der Waals surface area (Å²) in [6.45, 7) is 12.8. The van der Waals surface area contributed by atoms with Crippen molar-refractivity contribution < 1.29 is 9.53 Å². The molecule has 1 amide bonds. The Kier molecular flexibility index (Phi) is 5.83. The summed E-state index contributed by atoms with van der Waals surface area (Å²) in [5.41, 5.74) is 2.23. The Labute approximate surface area is 134 Å². The van der Waals surface area contributed by atoms with E-state index in [2.05, 4.69) is 17.9 Å². The highest BCUT2D eigenvalue weighted by Crippen LogP contribution is 2.22. The van der Waals surface area contributed by atoms with Crippen LogP contribution in [-0.2, 0) is 4.79 Å². The van der Waals surface area contributed by atoms with Crippen molar-refractivity contribution in [2.24, 2.45) is 0 Å². The Bertz CT molecular complexity index is 508. The monoisotopic (exact) mass is 304 g/mol. The normalized spacial score (nSPS) is 17.4. The van der Waals surface area contributed by atoms with Crippen LogP contribution in [0.15, 0.2) is 18.2 Å². The van der Waals surface area contributed by atoms with Crippen molar-refractivity contribution >= 4 is 5.91 Å². The van der Waals surface area contributed by atoms with Gasteiger partial charge in [-0.15, -0.1) is 0 Å². The lowest BCUT2D eigenvalue weighted by Crippen LogP contribution is -2.52. The number of aryl methyl sites for hydroxylation is 2. The summed E-state index contributed by atoms with van der Waals surface area (Å²) < 4.78 is 6.04. The fraction of sp³-hybridized carbons (Fsp3) is 0.611. The molecule has 1 fully saturated rings. The quantitative estimate of drug-likeness (QED) is 0.838. The van der Waals surface area contributed by atoms with E-state index in [9.17, 15) is 4.79 Å². The molecule has 1 unspecified atom stereocenters. The van der Waals surface area contributed by atoms with Gasteiger partial charge in [0.1, 0.15) is 5.75 Å². The number of hydrogen-bond acceptors (Lipinski definition) is 3. The van der Waals surface area contributed by atoms with E-state index < -0.39 is 0 Å². The third-order valence-electron chi connectivity index (χ3n) is 4.39. The number of amides is 1. The molecule has 0 aliphatic carbocycles. The van der Waals surface area contributed by atoms with Crippen molar-refractivity contribution in [3.05, 3.63) is 29.3 Å². The first kappa shape index (κ1) is 16.8. The van der Waals surface area contributed by atoms with Crippen LogP contribution in [0.2, 0.25) is 0 Å². The Morgan fingerprint density at radius 1 is 1.18 bits per heavy atom. The second-order valence-electron chi connectivity index (χ2n) is 6.04. The minimum Gasteiger partial charge on any atom is -0.480 e. The molecule has 0 saturated carbocycles. The molecular formula is C18H28N2O2. The van der Waals surface area contributed by atoms with Gasteiger partial charge in [-0.05, 0) is 44.0 Å². The molecule has 0 aromatic heterocycles. The highest BCUT2D eigenvalue weighted by molar-refractivity contribution is 5.81. The Morgan fingerprint density at radius 3 is 2.45 bits per heavy atom. The molecule has 1 heterocycles. The molecular weight excluding hydrogens is 276 g/mol. The lowest BCUT2D eigenvalue weighted by atomic mass is 10.1. The van der Waals surface area contributed by atoms with E-state index in [4.69, 9.17) is 4.74 Å². The van der Waals surface area contributed by atoms with Crippen LogP contribution < -0.4 is 4.74 Å². The van der Waals surface area contributed by atoms with E-state index in [0.717, 1.165) is 49.6 Å². The van der Waals surface area contributed by atoms with Crippen LogP contribution in [-0.4, -0.2) is 54.5 Å². The molecule has 0 radical (unpaired) electrons. The SMILES string of the molecule is CCC(Oc1cc(C)ccc1C)C(=O)N1CCN(CC)CC1. The molecule has 1 atom stereocenters. The molecule has 0 N–H and O–H groups in total. The molecule has 1 saturated heterocycles. The molecule has 2 rings (SSSR count). The molecule has 0 spiro atoms. The van der Waals surface area contributed by atoms with Gasteiger partial charge in [-0.2, -0.15) is 0 Å². The number of benzene rings is 1. The standard InChI is InChI=1S/C18H28N2O2/c1-5-16(22-17-13-14(3)7-8-15(17)4)18(21)20-11-9-19(6-2)10-12-20/h7-8,13,16H,5-6,9-12H2,1-4H3. The number of rotatable bonds is 5. The van der Waals surface area contributed by atoms with E-state index in [0.29, 0.717) is 6.42 Å². The van der Waals surface area contributed by atoms with Crippen LogP contribution in [0.4, 0.5) is 0 Å². The van der Waals surface area contributed by atoms with Gasteiger partial charge in [0.25, 0.3) is 5.91 Å². The third kappa shape index (κ3) is 4.01. The van der Waals surface area contributed by atoms with Crippen molar-refractivity contribution in [2.45, 2.75) is 40.2 Å². The fourth-order valence-electron chi connectivity index (χ4n) is 2.78. The van der Waals surface area contributed by atoms with Crippen LogP contribution in [0.5, 0.6) is 5.75 Å². The van der Waals surface area contributed by atoms with Gasteiger partial charge >= 0.3 is 0 Å². The van der Waals surface area contributed by atoms with Crippen LogP contribution in [0, 0.1) is 13.8 Å². The largest absolute Gasteiger partial charge is 0.480 e. The van der Waals surface area contributed by atoms with Gasteiger partial charge in [-0.25, -0.2) is 0 Å². The number of nitrogens with zero attached hydrogens (tertiary/aromatic N) is 2. The zero-order chi connectivity index (χ0) is 16.1. The van der Waals surface area contributed by atoms with Crippen molar-refractivity contribution in [2.75, 3.05) is 32.7 Å². The summed E-state index contributed by atoms with van der Waals surface area (Å²) in [4.78, 5) is 17.0. The first-order chi connectivity index (χ1) is 10.5. The minimum atomic E-state index is -0.381. The number of carbonyl (C=O) groups excluding carboxylic acids is 1. The topological polar surface area (TPSA) is 32.8 Å². The van der Waals surface area contributed by atoms with Gasteiger partial charge in [-0.1, -0.05) is 26.0 Å². The maximum absolute atomic E-state index is 12.7. The number of ether oxygens (including phenoxy) is 1. The minimum absolute atomic E-state index is 0.124. The Hall–Kier alpha value is -1.55. The Balaban J connectivity index is 2.02. The summed E-state index contributed by atoms with van der Waals surface area (Å²) in [6, 6.07) is 6.12. The summed E-state index contributed by atoms with van der Waals surface area (Å²) >= 11 is 0. The Morgan fingerprint density at radius 2 is 1.86 bits per heavy atom. The molecule has 22 heavy (non-hydrogen) atoms. The first-order valence-electron chi connectivity index (χ1n) is 8.30. The highest BCUT2D eigenvalue weighted by atomic mass is 16.5. The molecule has 1 aromatic carbocycles. The van der Waals surface area contributed by atoms with Crippen molar-refractivity contribution in [3.63, 3.8) is 0 Å². The van der Waals surface area contributed by atoms with E-state index in [1.165, 1.54) is 0 Å². The molecule has 1 aliphatic rings. The number of piperazine rings is 1. The summed E-state index contributed by atoms with van der Waals surface area (Å²) in [7, 11) is 0. The maximum Gasteiger partial charge on any atom is 0.263 e. The maximum atomic E-state index is 12.7. The zero-order valence-electron chi connectivity index (χ0n) is 14.3. The summed E-state index contributed by atoms with van der Waals surface area (Å²) in [5.74, 6) is 0.951. The molecule has 4 nitrogen and oxygen atoms in total. The van der Waals surface area contributed by atoms with E-state index >= 15 is 0 Å². The predicted octanol–water partition coefficient (Wildman–Crippen LogP) is 2.62. The molecule has 122 valence electrons. The number of hydrogen-bond donors (Lipinski definition) is 0. The van der Waals surface area contributed by atoms with Crippen molar-refractivity contribution in [1.29, 1.82) is 0 Å². The third-order valence-corrected chi connectivity index (χ3v) is 4.39. The van der Waals surface area contributed by atoms with Crippen LogP contribution in [0.1, 0.15) is 31.4 Å². The van der Waals surface area contributed by atoms with Gasteiger partial charge in [-0.3, -0.25) is 4.79 Å². The second-order valence-corrected chi connectivity index (χ2v) is 6.04. The van der Waals surface area contributed by atoms with Crippen LogP contribution in [0.3, 0.4) is 0 Å². The highest BCUT2D eigenvalue weighted by Gasteiger charge is 2.27. The lowest BCUT2D eigenvalue weighted by Gasteiger charge is -2.35. The van der Waals surface area contributed by atoms with Crippen LogP contribution >= 0.6 is 0 Å². The fourth-order valence-corrected chi connectivity index (χ4v) is 2.78. The average molecular weight is 304 g/mol. The molecule has 0 bridgehead atoms. The van der Waals surface area contributed by atoms with Gasteiger partial charge in [0.2, 0.25) is 0 Å². The molecule has 1 aromatic rings. The summed E-state index contributed by atoms with van der Waals surface area (Å²) in [5, 5.41) is 0. The van der Waals surface area contributed by atoms with Gasteiger partial charge < -0.3 is 14.5 Å². The van der Waals surface area contributed by atoms with Gasteiger partial charge in [0.05, 0.1) is 0 Å². The zero-order valence-corrected chi connectivity index (χ0v) is 14.3. The smallest absolute Gasteiger partial charge is 0.263 e. The number of carbonyl (C=O) groups is 1. The first-order valence-corrected chi connectivity index (χ1v) is 8.30. The van der Waals surface area contributed by atoms with E-state index in [1.54, 1.807) is 0 Å². The van der Waals surface area contributed by atoms with Crippen LogP contribution in [0.25, 0.3) is 0 Å². The van der Waals surface area contributed by atoms with Gasteiger partial charge in [0.15, 0.2) is 6.10 Å². The second kappa shape index (κ2) is 7.63. The average Bonchev–Trinajstić information content (AvgIpc) is 2.55. The predicted molar refractivity (Wildman–Crippen MR) is 89.3 cm³/mol. The van der Waals surface area contributed by atoms with E-state index in [1.807, 2.05) is 37.8 Å². The van der Waals surface area contributed by atoms with Crippen molar-refractivity contribution in [1.82, 2.24) is 9.80 Å². The lowest BCUT2D eigenvalue weighted by molar-refractivity contribution is -0.140. The van der Waals surface area contributed by atoms with E-state index in [-0.39, 0.29) is 12.0 Å². The van der Waals surface area contributed by atoms with Gasteiger partial charge in [0, 0.05) is 26.2 Å². The number of likely N-dealkylation sites (N-methyl/N-ethyl adjacent to an activating group) is 1.